The highest BCUT2D eigenvalue weighted by atomic mass is 19.1. The largest absolute Gasteiger partial charge is 0.497 e. The Morgan fingerprint density at radius 3 is 2.58 bits per heavy atom. The van der Waals surface area contributed by atoms with Gasteiger partial charge in [0.15, 0.2) is 0 Å². The molecule has 4 heteroatoms. The van der Waals surface area contributed by atoms with Crippen LogP contribution >= 0.6 is 0 Å². The number of methoxy groups -OCH3 is 1. The zero-order valence-corrected chi connectivity index (χ0v) is 11.1. The van der Waals surface area contributed by atoms with Crippen molar-refractivity contribution in [2.75, 3.05) is 13.7 Å². The molecule has 0 bridgehead atoms. The average Bonchev–Trinajstić information content (AvgIpc) is 2.46. The first-order chi connectivity index (χ1) is 9.26. The van der Waals surface area contributed by atoms with Gasteiger partial charge in [-0.25, -0.2) is 4.39 Å². The summed E-state index contributed by atoms with van der Waals surface area (Å²) in [4.78, 5) is 3.99. The molecule has 1 N–H and O–H groups in total. The maximum Gasteiger partial charge on any atom is 0.132 e. The van der Waals surface area contributed by atoms with Gasteiger partial charge in [-0.2, -0.15) is 0 Å². The van der Waals surface area contributed by atoms with E-state index in [-0.39, 0.29) is 11.9 Å². The smallest absolute Gasteiger partial charge is 0.132 e. The third-order valence-electron chi connectivity index (χ3n) is 2.97. The number of nitrogens with zero attached hydrogens (tertiary/aromatic N) is 1. The predicted octanol–water partition coefficient (Wildman–Crippen LogP) is 2.93. The number of rotatable bonds is 5. The first-order valence-electron chi connectivity index (χ1n) is 6.23. The van der Waals surface area contributed by atoms with E-state index < -0.39 is 0 Å². The van der Waals surface area contributed by atoms with Gasteiger partial charge in [-0.05, 0) is 30.3 Å². The molecule has 0 spiro atoms. The monoisotopic (exact) mass is 260 g/mol. The highest BCUT2D eigenvalue weighted by Crippen LogP contribution is 2.26. The lowest BCUT2D eigenvalue weighted by atomic mass is 9.99. The van der Waals surface area contributed by atoms with Crippen LogP contribution in [-0.2, 0) is 0 Å². The standard InChI is InChI=1S/C15H17FN2O/c1-3-18-15(11-6-8-17-9-7-11)13-5-4-12(19-2)10-14(13)16/h4-10,15,18H,3H2,1-2H3. The van der Waals surface area contributed by atoms with E-state index in [0.29, 0.717) is 11.3 Å². The van der Waals surface area contributed by atoms with Gasteiger partial charge in [-0.15, -0.1) is 0 Å². The van der Waals surface area contributed by atoms with Crippen molar-refractivity contribution >= 4 is 0 Å². The molecular formula is C15H17FN2O. The molecule has 100 valence electrons. The SMILES string of the molecule is CCNC(c1ccncc1)c1ccc(OC)cc1F. The molecule has 2 rings (SSSR count). The molecule has 1 aromatic heterocycles. The summed E-state index contributed by atoms with van der Waals surface area (Å²) in [6, 6.07) is 8.51. The molecule has 1 atom stereocenters. The van der Waals surface area contributed by atoms with Crippen molar-refractivity contribution in [2.24, 2.45) is 0 Å². The van der Waals surface area contributed by atoms with E-state index in [0.717, 1.165) is 12.1 Å². The van der Waals surface area contributed by atoms with E-state index in [1.165, 1.54) is 13.2 Å². The number of ether oxygens (including phenoxy) is 1. The number of hydrogen-bond acceptors (Lipinski definition) is 3. The zero-order valence-electron chi connectivity index (χ0n) is 11.1. The van der Waals surface area contributed by atoms with Crippen LogP contribution in [0.25, 0.3) is 0 Å². The maximum absolute atomic E-state index is 14.2. The van der Waals surface area contributed by atoms with Crippen LogP contribution in [0, 0.1) is 5.82 Å². The number of aromatic nitrogens is 1. The molecule has 1 unspecified atom stereocenters. The number of nitrogens with one attached hydrogen (secondary N) is 1. The van der Waals surface area contributed by atoms with Gasteiger partial charge in [0.1, 0.15) is 11.6 Å². The summed E-state index contributed by atoms with van der Waals surface area (Å²) in [5.74, 6) is 0.244. The van der Waals surface area contributed by atoms with Crippen molar-refractivity contribution in [2.45, 2.75) is 13.0 Å². The molecule has 0 aliphatic heterocycles. The first-order valence-corrected chi connectivity index (χ1v) is 6.23. The molecule has 0 aliphatic carbocycles. The number of benzene rings is 1. The Labute approximate surface area is 112 Å². The maximum atomic E-state index is 14.2. The second-order valence-electron chi connectivity index (χ2n) is 4.16. The summed E-state index contributed by atoms with van der Waals surface area (Å²) in [5, 5.41) is 3.28. The molecule has 0 aliphatic rings. The van der Waals surface area contributed by atoms with Crippen LogP contribution in [0.1, 0.15) is 24.1 Å². The van der Waals surface area contributed by atoms with Crippen molar-refractivity contribution in [3.63, 3.8) is 0 Å². The Morgan fingerprint density at radius 1 is 1.26 bits per heavy atom. The summed E-state index contributed by atoms with van der Waals surface area (Å²) < 4.78 is 19.2. The van der Waals surface area contributed by atoms with Crippen molar-refractivity contribution in [1.82, 2.24) is 10.3 Å². The Balaban J connectivity index is 2.39. The Kier molecular flexibility index (Phi) is 4.47. The third kappa shape index (κ3) is 3.09. The van der Waals surface area contributed by atoms with Crippen molar-refractivity contribution in [3.8, 4) is 5.75 Å². The van der Waals surface area contributed by atoms with Gasteiger partial charge in [0.25, 0.3) is 0 Å². The fourth-order valence-corrected chi connectivity index (χ4v) is 2.04. The zero-order chi connectivity index (χ0) is 13.7. The summed E-state index contributed by atoms with van der Waals surface area (Å²) in [5.41, 5.74) is 1.59. The summed E-state index contributed by atoms with van der Waals surface area (Å²) in [6.45, 7) is 2.74. The third-order valence-corrected chi connectivity index (χ3v) is 2.97. The van der Waals surface area contributed by atoms with Gasteiger partial charge >= 0.3 is 0 Å². The lowest BCUT2D eigenvalue weighted by molar-refractivity contribution is 0.410. The molecule has 0 fully saturated rings. The van der Waals surface area contributed by atoms with Gasteiger partial charge in [0.2, 0.25) is 0 Å². The molecular weight excluding hydrogens is 243 g/mol. The highest BCUT2D eigenvalue weighted by molar-refractivity contribution is 5.36. The Bertz CT molecular complexity index is 531. The fourth-order valence-electron chi connectivity index (χ4n) is 2.04. The average molecular weight is 260 g/mol. The molecule has 3 nitrogen and oxygen atoms in total. The minimum atomic E-state index is -0.276. The van der Waals surface area contributed by atoms with Crippen LogP contribution in [-0.4, -0.2) is 18.6 Å². The Hall–Kier alpha value is -1.94. The van der Waals surface area contributed by atoms with E-state index in [1.54, 1.807) is 24.5 Å². The van der Waals surface area contributed by atoms with E-state index in [2.05, 4.69) is 10.3 Å². The van der Waals surface area contributed by atoms with Gasteiger partial charge in [-0.1, -0.05) is 13.0 Å². The molecule has 2 aromatic rings. The topological polar surface area (TPSA) is 34.2 Å². The molecule has 19 heavy (non-hydrogen) atoms. The normalized spacial score (nSPS) is 12.2. The van der Waals surface area contributed by atoms with E-state index in [9.17, 15) is 4.39 Å². The van der Waals surface area contributed by atoms with Crippen LogP contribution in [0.2, 0.25) is 0 Å². The van der Waals surface area contributed by atoms with Crippen LogP contribution in [0.3, 0.4) is 0 Å². The van der Waals surface area contributed by atoms with E-state index >= 15 is 0 Å². The summed E-state index contributed by atoms with van der Waals surface area (Å²) >= 11 is 0. The first kappa shape index (κ1) is 13.5. The number of pyridine rings is 1. The minimum absolute atomic E-state index is 0.182. The highest BCUT2D eigenvalue weighted by Gasteiger charge is 2.17. The van der Waals surface area contributed by atoms with Gasteiger partial charge in [0, 0.05) is 24.0 Å². The lowest BCUT2D eigenvalue weighted by Crippen LogP contribution is -2.23. The van der Waals surface area contributed by atoms with Crippen LogP contribution < -0.4 is 10.1 Å². The van der Waals surface area contributed by atoms with E-state index in [4.69, 9.17) is 4.74 Å². The van der Waals surface area contributed by atoms with Crippen LogP contribution in [0.4, 0.5) is 4.39 Å². The molecule has 0 amide bonds. The predicted molar refractivity (Wildman–Crippen MR) is 72.7 cm³/mol. The second kappa shape index (κ2) is 6.29. The number of hydrogen-bond donors (Lipinski definition) is 1. The fraction of sp³-hybridized carbons (Fsp3) is 0.267. The van der Waals surface area contributed by atoms with Gasteiger partial charge in [-0.3, -0.25) is 4.98 Å². The summed E-state index contributed by atoms with van der Waals surface area (Å²) in [6.07, 6.45) is 3.42. The molecule has 0 radical (unpaired) electrons. The summed E-state index contributed by atoms with van der Waals surface area (Å²) in [7, 11) is 1.53. The number of halogens is 1. The molecule has 0 saturated heterocycles. The van der Waals surface area contributed by atoms with Crippen molar-refractivity contribution in [1.29, 1.82) is 0 Å². The van der Waals surface area contributed by atoms with Crippen LogP contribution in [0.5, 0.6) is 5.75 Å². The van der Waals surface area contributed by atoms with Crippen molar-refractivity contribution in [3.05, 3.63) is 59.7 Å². The van der Waals surface area contributed by atoms with E-state index in [1.807, 2.05) is 19.1 Å². The van der Waals surface area contributed by atoms with Crippen LogP contribution in [0.15, 0.2) is 42.7 Å². The van der Waals surface area contributed by atoms with Gasteiger partial charge < -0.3 is 10.1 Å². The van der Waals surface area contributed by atoms with Gasteiger partial charge in [0.05, 0.1) is 13.2 Å². The quantitative estimate of drug-likeness (QED) is 0.897. The minimum Gasteiger partial charge on any atom is -0.497 e. The lowest BCUT2D eigenvalue weighted by Gasteiger charge is -2.19. The molecule has 1 heterocycles. The molecule has 1 aromatic carbocycles. The Morgan fingerprint density at radius 2 is 2.00 bits per heavy atom. The van der Waals surface area contributed by atoms with Crippen molar-refractivity contribution < 1.29 is 9.13 Å². The molecule has 0 saturated carbocycles. The second-order valence-corrected chi connectivity index (χ2v) is 4.16.